The van der Waals surface area contributed by atoms with E-state index in [2.05, 4.69) is 25.7 Å². The van der Waals surface area contributed by atoms with Gasteiger partial charge in [-0.3, -0.25) is 4.79 Å². The van der Waals surface area contributed by atoms with Crippen molar-refractivity contribution in [3.63, 3.8) is 0 Å². The smallest absolute Gasteiger partial charge is 0.422 e. The number of hydrogen-bond acceptors (Lipinski definition) is 5. The van der Waals surface area contributed by atoms with Crippen molar-refractivity contribution in [1.29, 1.82) is 0 Å². The summed E-state index contributed by atoms with van der Waals surface area (Å²) in [5.74, 6) is -0.352. The summed E-state index contributed by atoms with van der Waals surface area (Å²) < 4.78 is 42.9. The molecule has 1 aliphatic heterocycles. The van der Waals surface area contributed by atoms with Gasteiger partial charge in [0.15, 0.2) is 12.3 Å². The predicted molar refractivity (Wildman–Crippen MR) is 99.1 cm³/mol. The van der Waals surface area contributed by atoms with Gasteiger partial charge in [0, 0.05) is 5.69 Å². The van der Waals surface area contributed by atoms with Gasteiger partial charge in [0.2, 0.25) is 0 Å². The van der Waals surface area contributed by atoms with Crippen molar-refractivity contribution in [2.24, 2.45) is 0 Å². The molecule has 1 fully saturated rings. The number of rotatable bonds is 5. The first-order chi connectivity index (χ1) is 12.8. The number of alkyl halides is 3. The standard InChI is InChI=1S/C17H20F3N5O2.ClH/c1-11-15(23-24-25(11)13-6-8-21-9-7-13)16(26)22-12-2-4-14(5-3-12)27-10-17(18,19)20;/h2-5,13,21H,6-10H2,1H3,(H,22,26);1H. The predicted octanol–water partition coefficient (Wildman–Crippen LogP) is 3.13. The quantitative estimate of drug-likeness (QED) is 0.778. The molecule has 0 aliphatic carbocycles. The van der Waals surface area contributed by atoms with Crippen molar-refractivity contribution in [1.82, 2.24) is 20.3 Å². The molecule has 2 N–H and O–H groups in total. The minimum absolute atomic E-state index is 0. The van der Waals surface area contributed by atoms with Crippen LogP contribution in [-0.2, 0) is 0 Å². The Bertz CT molecular complexity index is 789. The van der Waals surface area contributed by atoms with Crippen LogP contribution in [0.5, 0.6) is 5.75 Å². The van der Waals surface area contributed by atoms with E-state index >= 15 is 0 Å². The Hall–Kier alpha value is -2.33. The Morgan fingerprint density at radius 2 is 1.93 bits per heavy atom. The van der Waals surface area contributed by atoms with Gasteiger partial charge in [0.1, 0.15) is 5.75 Å². The van der Waals surface area contributed by atoms with Crippen LogP contribution < -0.4 is 15.4 Å². The topological polar surface area (TPSA) is 81.1 Å². The molecule has 2 heterocycles. The van der Waals surface area contributed by atoms with Crippen LogP contribution in [0.1, 0.15) is 35.1 Å². The highest BCUT2D eigenvalue weighted by molar-refractivity contribution is 6.03. The molecule has 28 heavy (non-hydrogen) atoms. The summed E-state index contributed by atoms with van der Waals surface area (Å²) in [4.78, 5) is 12.5. The van der Waals surface area contributed by atoms with E-state index in [4.69, 9.17) is 0 Å². The molecule has 1 aromatic heterocycles. The van der Waals surface area contributed by atoms with Crippen molar-refractivity contribution in [3.05, 3.63) is 35.7 Å². The third-order valence-corrected chi connectivity index (χ3v) is 4.31. The number of aromatic nitrogens is 3. The monoisotopic (exact) mass is 419 g/mol. The summed E-state index contributed by atoms with van der Waals surface area (Å²) in [7, 11) is 0. The van der Waals surface area contributed by atoms with Crippen molar-refractivity contribution in [2.75, 3.05) is 25.0 Å². The SMILES string of the molecule is Cc1c(C(=O)Nc2ccc(OCC(F)(F)F)cc2)nnn1C1CCNCC1.Cl. The number of piperidine rings is 1. The first-order valence-electron chi connectivity index (χ1n) is 8.57. The molecule has 1 saturated heterocycles. The fraction of sp³-hybridized carbons (Fsp3) is 0.471. The number of carbonyl (C=O) groups is 1. The second kappa shape index (κ2) is 9.24. The molecule has 7 nitrogen and oxygen atoms in total. The minimum atomic E-state index is -4.40. The number of amides is 1. The summed E-state index contributed by atoms with van der Waals surface area (Å²) in [5, 5.41) is 14.1. The number of ether oxygens (including phenoxy) is 1. The molecule has 0 atom stereocenters. The molecule has 1 amide bonds. The first-order valence-corrected chi connectivity index (χ1v) is 8.57. The van der Waals surface area contributed by atoms with Crippen LogP contribution in [0.4, 0.5) is 18.9 Å². The Balaban J connectivity index is 0.00000280. The molecular formula is C17H21ClF3N5O2. The number of carbonyl (C=O) groups excluding carboxylic acids is 1. The van der Waals surface area contributed by atoms with E-state index in [0.717, 1.165) is 25.9 Å². The Morgan fingerprint density at radius 1 is 1.29 bits per heavy atom. The molecule has 3 rings (SSSR count). The van der Waals surface area contributed by atoms with Gasteiger partial charge in [0.05, 0.1) is 11.7 Å². The average molecular weight is 420 g/mol. The van der Waals surface area contributed by atoms with Crippen molar-refractivity contribution in [3.8, 4) is 5.75 Å². The third-order valence-electron chi connectivity index (χ3n) is 4.31. The summed E-state index contributed by atoms with van der Waals surface area (Å²) >= 11 is 0. The molecule has 0 radical (unpaired) electrons. The number of nitrogens with one attached hydrogen (secondary N) is 2. The van der Waals surface area contributed by atoms with E-state index in [0.29, 0.717) is 11.4 Å². The van der Waals surface area contributed by atoms with Gasteiger partial charge in [-0.1, -0.05) is 5.21 Å². The zero-order chi connectivity index (χ0) is 19.4. The number of anilines is 1. The van der Waals surface area contributed by atoms with Gasteiger partial charge >= 0.3 is 6.18 Å². The molecule has 11 heteroatoms. The van der Waals surface area contributed by atoms with Gasteiger partial charge < -0.3 is 15.4 Å². The van der Waals surface area contributed by atoms with Crippen LogP contribution in [0, 0.1) is 6.92 Å². The van der Waals surface area contributed by atoms with Gasteiger partial charge in [-0.05, 0) is 57.1 Å². The van der Waals surface area contributed by atoms with Crippen molar-refractivity contribution < 1.29 is 22.7 Å². The second-order valence-corrected chi connectivity index (χ2v) is 6.33. The number of halogens is 4. The van der Waals surface area contributed by atoms with E-state index in [1.807, 2.05) is 0 Å². The largest absolute Gasteiger partial charge is 0.484 e. The molecule has 0 bridgehead atoms. The van der Waals surface area contributed by atoms with Crippen LogP contribution in [0.2, 0.25) is 0 Å². The highest BCUT2D eigenvalue weighted by atomic mass is 35.5. The van der Waals surface area contributed by atoms with E-state index in [1.165, 1.54) is 24.3 Å². The van der Waals surface area contributed by atoms with Crippen LogP contribution in [-0.4, -0.2) is 46.8 Å². The normalized spacial score (nSPS) is 15.0. The lowest BCUT2D eigenvalue weighted by atomic mass is 10.1. The Morgan fingerprint density at radius 3 is 2.54 bits per heavy atom. The molecule has 0 spiro atoms. The van der Waals surface area contributed by atoms with Crippen LogP contribution in [0.15, 0.2) is 24.3 Å². The Kier molecular flexibility index (Phi) is 7.25. The zero-order valence-electron chi connectivity index (χ0n) is 15.1. The molecule has 0 unspecified atom stereocenters. The van der Waals surface area contributed by atoms with E-state index in [-0.39, 0.29) is 29.9 Å². The summed E-state index contributed by atoms with van der Waals surface area (Å²) in [6.07, 6.45) is -2.56. The van der Waals surface area contributed by atoms with Gasteiger partial charge in [-0.25, -0.2) is 4.68 Å². The third kappa shape index (κ3) is 5.59. The highest BCUT2D eigenvalue weighted by Gasteiger charge is 2.28. The van der Waals surface area contributed by atoms with Crippen LogP contribution in [0.3, 0.4) is 0 Å². The van der Waals surface area contributed by atoms with Crippen LogP contribution in [0.25, 0.3) is 0 Å². The average Bonchev–Trinajstić information content (AvgIpc) is 3.03. The summed E-state index contributed by atoms with van der Waals surface area (Å²) in [6.45, 7) is 2.23. The highest BCUT2D eigenvalue weighted by Crippen LogP contribution is 2.22. The van der Waals surface area contributed by atoms with Gasteiger partial charge in [0.25, 0.3) is 5.91 Å². The minimum Gasteiger partial charge on any atom is -0.484 e. The Labute approximate surface area is 166 Å². The lowest BCUT2D eigenvalue weighted by Gasteiger charge is -2.23. The van der Waals surface area contributed by atoms with E-state index in [9.17, 15) is 18.0 Å². The summed E-state index contributed by atoms with van der Waals surface area (Å²) in [6, 6.07) is 5.87. The van der Waals surface area contributed by atoms with E-state index < -0.39 is 18.7 Å². The fourth-order valence-corrected chi connectivity index (χ4v) is 2.94. The number of nitrogens with zero attached hydrogens (tertiary/aromatic N) is 3. The maximum Gasteiger partial charge on any atom is 0.422 e. The summed E-state index contributed by atoms with van der Waals surface area (Å²) in [5.41, 5.74) is 1.34. The molecule has 1 aromatic carbocycles. The second-order valence-electron chi connectivity index (χ2n) is 6.33. The molecule has 1 aliphatic rings. The van der Waals surface area contributed by atoms with E-state index in [1.54, 1.807) is 11.6 Å². The number of hydrogen-bond donors (Lipinski definition) is 2. The maximum atomic E-state index is 12.5. The molecule has 154 valence electrons. The van der Waals surface area contributed by atoms with Gasteiger partial charge in [-0.2, -0.15) is 13.2 Å². The first kappa shape index (κ1) is 22.0. The zero-order valence-corrected chi connectivity index (χ0v) is 15.9. The molecular weight excluding hydrogens is 399 g/mol. The molecule has 2 aromatic rings. The maximum absolute atomic E-state index is 12.5. The van der Waals surface area contributed by atoms with Crippen molar-refractivity contribution >= 4 is 24.0 Å². The number of benzene rings is 1. The molecule has 0 saturated carbocycles. The van der Waals surface area contributed by atoms with Crippen molar-refractivity contribution in [2.45, 2.75) is 32.0 Å². The van der Waals surface area contributed by atoms with Crippen LogP contribution >= 0.6 is 12.4 Å². The lowest BCUT2D eigenvalue weighted by molar-refractivity contribution is -0.153. The lowest BCUT2D eigenvalue weighted by Crippen LogP contribution is -2.30. The fourth-order valence-electron chi connectivity index (χ4n) is 2.94. The van der Waals surface area contributed by atoms with Gasteiger partial charge in [-0.15, -0.1) is 17.5 Å².